The van der Waals surface area contributed by atoms with Crippen LogP contribution in [0.4, 0.5) is 11.4 Å². The average Bonchev–Trinajstić information content (AvgIpc) is 2.35. The van der Waals surface area contributed by atoms with Gasteiger partial charge in [0.25, 0.3) is 5.69 Å². The number of hydrogen-bond acceptors (Lipinski definition) is 6. The fourth-order valence-corrected chi connectivity index (χ4v) is 3.45. The van der Waals surface area contributed by atoms with E-state index in [1.54, 1.807) is 18.7 Å². The molecule has 0 aliphatic rings. The van der Waals surface area contributed by atoms with Gasteiger partial charge in [0.05, 0.1) is 9.82 Å². The summed E-state index contributed by atoms with van der Waals surface area (Å²) in [7, 11) is -3.72. The van der Waals surface area contributed by atoms with Crippen LogP contribution in [0.2, 0.25) is 0 Å². The molecule has 1 aromatic rings. The molecule has 0 heterocycles. The van der Waals surface area contributed by atoms with E-state index in [2.05, 4.69) is 4.72 Å². The van der Waals surface area contributed by atoms with E-state index < -0.39 is 14.9 Å². The normalized spacial score (nSPS) is 13.1. The van der Waals surface area contributed by atoms with E-state index in [1.807, 2.05) is 6.26 Å². The SMILES string of the molecule is CSCCC(C)NS(=O)(=O)c1ccc([N+](=O)[O-])c(N)c1. The Morgan fingerprint density at radius 3 is 2.65 bits per heavy atom. The second kappa shape index (κ2) is 6.91. The Morgan fingerprint density at radius 2 is 2.15 bits per heavy atom. The van der Waals surface area contributed by atoms with Crippen molar-refractivity contribution in [3.63, 3.8) is 0 Å². The number of nitro groups is 1. The lowest BCUT2D eigenvalue weighted by molar-refractivity contribution is -0.383. The summed E-state index contributed by atoms with van der Waals surface area (Å²) >= 11 is 1.63. The van der Waals surface area contributed by atoms with E-state index in [0.717, 1.165) is 17.9 Å². The second-order valence-electron chi connectivity index (χ2n) is 4.28. The van der Waals surface area contributed by atoms with Crippen LogP contribution < -0.4 is 10.5 Å². The van der Waals surface area contributed by atoms with Crippen molar-refractivity contribution < 1.29 is 13.3 Å². The first kappa shape index (κ1) is 16.7. The van der Waals surface area contributed by atoms with Gasteiger partial charge in [0.15, 0.2) is 0 Å². The van der Waals surface area contributed by atoms with Crippen LogP contribution in [0.3, 0.4) is 0 Å². The van der Waals surface area contributed by atoms with E-state index in [9.17, 15) is 18.5 Å². The highest BCUT2D eigenvalue weighted by atomic mass is 32.2. The van der Waals surface area contributed by atoms with Crippen molar-refractivity contribution in [3.8, 4) is 0 Å². The zero-order valence-corrected chi connectivity index (χ0v) is 12.8. The summed E-state index contributed by atoms with van der Waals surface area (Å²) in [5.74, 6) is 0.839. The van der Waals surface area contributed by atoms with Gasteiger partial charge in [-0.05, 0) is 37.5 Å². The molecular weight excluding hydrogens is 302 g/mol. The standard InChI is InChI=1S/C11H17N3O4S2/c1-8(5-6-19-2)13-20(17,18)9-3-4-11(14(15)16)10(12)7-9/h3-4,7-8,13H,5-6,12H2,1-2H3. The third-order valence-corrected chi connectivity index (χ3v) is 4.85. The minimum absolute atomic E-state index is 0.0726. The highest BCUT2D eigenvalue weighted by Gasteiger charge is 2.20. The number of sulfonamides is 1. The Hall–Kier alpha value is -1.32. The maximum absolute atomic E-state index is 12.1. The molecule has 112 valence electrons. The molecule has 0 radical (unpaired) electrons. The van der Waals surface area contributed by atoms with Gasteiger partial charge < -0.3 is 5.73 Å². The number of anilines is 1. The summed E-state index contributed by atoms with van der Waals surface area (Å²) in [6.07, 6.45) is 2.64. The number of hydrogen-bond donors (Lipinski definition) is 2. The van der Waals surface area contributed by atoms with Gasteiger partial charge in [-0.1, -0.05) is 0 Å². The fraction of sp³-hybridized carbons (Fsp3) is 0.455. The Balaban J connectivity index is 2.93. The van der Waals surface area contributed by atoms with E-state index in [-0.39, 0.29) is 22.3 Å². The number of thioether (sulfide) groups is 1. The number of nitrogens with two attached hydrogens (primary N) is 1. The maximum Gasteiger partial charge on any atom is 0.292 e. The third-order valence-electron chi connectivity index (χ3n) is 2.62. The molecule has 0 saturated heterocycles. The molecule has 1 aromatic carbocycles. The summed E-state index contributed by atoms with van der Waals surface area (Å²) in [4.78, 5) is 9.91. The van der Waals surface area contributed by atoms with E-state index in [0.29, 0.717) is 6.42 Å². The molecule has 0 amide bonds. The first-order chi connectivity index (χ1) is 9.27. The molecule has 0 aromatic heterocycles. The lowest BCUT2D eigenvalue weighted by Gasteiger charge is -2.13. The molecule has 0 spiro atoms. The Labute approximate surface area is 122 Å². The van der Waals surface area contributed by atoms with Crippen LogP contribution in [-0.4, -0.2) is 31.4 Å². The number of nitrogen functional groups attached to an aromatic ring is 1. The predicted molar refractivity (Wildman–Crippen MR) is 80.3 cm³/mol. The van der Waals surface area contributed by atoms with Gasteiger partial charge in [-0.3, -0.25) is 10.1 Å². The zero-order valence-electron chi connectivity index (χ0n) is 11.2. The Morgan fingerprint density at radius 1 is 1.50 bits per heavy atom. The molecule has 0 fully saturated rings. The summed E-state index contributed by atoms with van der Waals surface area (Å²) in [5.41, 5.74) is 5.02. The van der Waals surface area contributed by atoms with Crippen molar-refractivity contribution in [2.45, 2.75) is 24.3 Å². The smallest absolute Gasteiger partial charge is 0.292 e. The van der Waals surface area contributed by atoms with Gasteiger partial charge in [-0.2, -0.15) is 11.8 Å². The molecule has 1 unspecified atom stereocenters. The van der Waals surface area contributed by atoms with E-state index in [1.165, 1.54) is 6.07 Å². The van der Waals surface area contributed by atoms with Gasteiger partial charge in [-0.25, -0.2) is 13.1 Å². The summed E-state index contributed by atoms with van der Waals surface area (Å²) in [5, 5.41) is 10.6. The van der Waals surface area contributed by atoms with E-state index in [4.69, 9.17) is 5.73 Å². The van der Waals surface area contributed by atoms with Gasteiger partial charge in [0, 0.05) is 12.1 Å². The van der Waals surface area contributed by atoms with E-state index >= 15 is 0 Å². The van der Waals surface area contributed by atoms with Gasteiger partial charge in [0.1, 0.15) is 5.69 Å². The highest BCUT2D eigenvalue weighted by molar-refractivity contribution is 7.98. The molecule has 9 heteroatoms. The number of nitrogens with one attached hydrogen (secondary N) is 1. The van der Waals surface area contributed by atoms with Crippen LogP contribution in [0.25, 0.3) is 0 Å². The highest BCUT2D eigenvalue weighted by Crippen LogP contribution is 2.24. The van der Waals surface area contributed by atoms with Crippen molar-refractivity contribution in [2.75, 3.05) is 17.7 Å². The third kappa shape index (κ3) is 4.36. The van der Waals surface area contributed by atoms with Crippen molar-refractivity contribution in [3.05, 3.63) is 28.3 Å². The van der Waals surface area contributed by atoms with Crippen LogP contribution in [0.5, 0.6) is 0 Å². The van der Waals surface area contributed by atoms with Crippen molar-refractivity contribution in [1.29, 1.82) is 0 Å². The number of rotatable bonds is 7. The predicted octanol–water partition coefficient (Wildman–Crippen LogP) is 1.60. The number of nitrogens with zero attached hydrogens (tertiary/aromatic N) is 1. The largest absolute Gasteiger partial charge is 0.393 e. The molecule has 20 heavy (non-hydrogen) atoms. The topological polar surface area (TPSA) is 115 Å². The molecule has 1 rings (SSSR count). The quantitative estimate of drug-likeness (QED) is 0.448. The first-order valence-corrected chi connectivity index (χ1v) is 8.71. The molecule has 0 saturated carbocycles. The fourth-order valence-electron chi connectivity index (χ4n) is 1.55. The van der Waals surface area contributed by atoms with Crippen LogP contribution >= 0.6 is 11.8 Å². The molecule has 0 bridgehead atoms. The van der Waals surface area contributed by atoms with Gasteiger partial charge in [0.2, 0.25) is 10.0 Å². The monoisotopic (exact) mass is 319 g/mol. The van der Waals surface area contributed by atoms with Crippen LogP contribution in [-0.2, 0) is 10.0 Å². The molecule has 3 N–H and O–H groups in total. The molecular formula is C11H17N3O4S2. The molecule has 1 atom stereocenters. The lowest BCUT2D eigenvalue weighted by atomic mass is 10.3. The number of nitro benzene ring substituents is 1. The van der Waals surface area contributed by atoms with Crippen LogP contribution in [0.1, 0.15) is 13.3 Å². The second-order valence-corrected chi connectivity index (χ2v) is 6.98. The van der Waals surface area contributed by atoms with Crippen molar-refractivity contribution >= 4 is 33.2 Å². The summed E-state index contributed by atoms with van der Waals surface area (Å²) in [6.45, 7) is 1.77. The average molecular weight is 319 g/mol. The van der Waals surface area contributed by atoms with Crippen molar-refractivity contribution in [1.82, 2.24) is 4.72 Å². The van der Waals surface area contributed by atoms with Crippen LogP contribution in [0.15, 0.2) is 23.1 Å². The Kier molecular flexibility index (Phi) is 5.78. The first-order valence-electron chi connectivity index (χ1n) is 5.83. The van der Waals surface area contributed by atoms with Crippen LogP contribution in [0, 0.1) is 10.1 Å². The van der Waals surface area contributed by atoms with Gasteiger partial charge >= 0.3 is 0 Å². The lowest BCUT2D eigenvalue weighted by Crippen LogP contribution is -2.33. The summed E-state index contributed by atoms with van der Waals surface area (Å²) in [6, 6.07) is 3.15. The number of benzene rings is 1. The maximum atomic E-state index is 12.1. The Bertz CT molecular complexity index is 589. The van der Waals surface area contributed by atoms with Gasteiger partial charge in [-0.15, -0.1) is 0 Å². The molecule has 0 aliphatic carbocycles. The molecule has 0 aliphatic heterocycles. The zero-order chi connectivity index (χ0) is 15.3. The van der Waals surface area contributed by atoms with Crippen molar-refractivity contribution in [2.24, 2.45) is 0 Å². The minimum Gasteiger partial charge on any atom is -0.393 e. The molecule has 7 nitrogen and oxygen atoms in total. The minimum atomic E-state index is -3.72. The summed E-state index contributed by atoms with van der Waals surface area (Å²) < 4.78 is 26.7.